The molecule has 11 heteroatoms. The van der Waals surface area contributed by atoms with Crippen molar-refractivity contribution in [1.29, 1.82) is 0 Å². The average molecular weight is 811 g/mol. The fourth-order valence-corrected chi connectivity index (χ4v) is 9.09. The molecule has 0 spiro atoms. The Labute approximate surface area is 347 Å². The fraction of sp³-hybridized carbons (Fsp3) is 0.170. The third-order valence-electron chi connectivity index (χ3n) is 9.71. The summed E-state index contributed by atoms with van der Waals surface area (Å²) >= 11 is 3.35. The van der Waals surface area contributed by atoms with Crippen LogP contribution in [0.1, 0.15) is 17.8 Å². The molecule has 1 aromatic heterocycles. The van der Waals surface area contributed by atoms with Crippen LogP contribution in [0.5, 0.6) is 11.5 Å². The molecule has 0 radical (unpaired) electrons. The Bertz CT molecular complexity index is 2410. The molecule has 0 bridgehead atoms. The molecule has 2 aliphatic rings. The molecular weight excluding hydrogens is 767 g/mol. The van der Waals surface area contributed by atoms with Gasteiger partial charge >= 0.3 is 11.9 Å². The zero-order valence-corrected chi connectivity index (χ0v) is 34.1. The number of thioether (sulfide) groups is 1. The van der Waals surface area contributed by atoms with Gasteiger partial charge in [-0.25, -0.2) is 9.59 Å². The van der Waals surface area contributed by atoms with E-state index in [1.54, 1.807) is 37.3 Å². The van der Waals surface area contributed by atoms with Crippen LogP contribution in [0, 0.1) is 0 Å². The van der Waals surface area contributed by atoms with Gasteiger partial charge in [-0.15, -0.1) is 0 Å². The van der Waals surface area contributed by atoms with E-state index in [4.69, 9.17) is 18.9 Å². The largest absolute Gasteiger partial charge is 0.497 e. The number of rotatable bonds is 16. The molecule has 1 aliphatic heterocycles. The summed E-state index contributed by atoms with van der Waals surface area (Å²) in [6.45, 7) is 8.40. The number of para-hydroxylation sites is 2. The van der Waals surface area contributed by atoms with Gasteiger partial charge in [0.05, 0.1) is 43.2 Å². The maximum Gasteiger partial charge on any atom is 0.330 e. The van der Waals surface area contributed by atoms with Gasteiger partial charge in [0.25, 0.3) is 5.01 Å². The highest BCUT2D eigenvalue weighted by atomic mass is 32.2. The SMILES string of the molecule is C=CC(=O)OCCN1/C(=C/C=C2\CCC(/C=C/c3sc4ccc(OC)cc4[n+]3CCOC(=O)C=C)=C2N(c2ccccc2)c2ccccc2)Sc2ccc(OC)cc21. The minimum absolute atomic E-state index is 0.201. The second-order valence-corrected chi connectivity index (χ2v) is 15.3. The number of esters is 2. The Morgan fingerprint density at radius 2 is 1.45 bits per heavy atom. The first-order chi connectivity index (χ1) is 28.4. The van der Waals surface area contributed by atoms with E-state index < -0.39 is 11.9 Å². The van der Waals surface area contributed by atoms with E-state index in [1.165, 1.54) is 23.3 Å². The first kappa shape index (κ1) is 39.9. The van der Waals surface area contributed by atoms with Gasteiger partial charge in [-0.2, -0.15) is 4.57 Å². The van der Waals surface area contributed by atoms with Gasteiger partial charge in [-0.1, -0.05) is 78.7 Å². The first-order valence-corrected chi connectivity index (χ1v) is 20.5. The highest BCUT2D eigenvalue weighted by Gasteiger charge is 2.29. The molecule has 2 heterocycles. The van der Waals surface area contributed by atoms with Crippen molar-refractivity contribution < 1.29 is 33.1 Å². The number of methoxy groups -OCH3 is 2. The van der Waals surface area contributed by atoms with Gasteiger partial charge in [0.15, 0.2) is 13.2 Å². The summed E-state index contributed by atoms with van der Waals surface area (Å²) < 4.78 is 25.2. The Morgan fingerprint density at radius 3 is 2.12 bits per heavy atom. The molecule has 0 unspecified atom stereocenters. The van der Waals surface area contributed by atoms with Crippen molar-refractivity contribution in [2.24, 2.45) is 0 Å². The molecule has 0 N–H and O–H groups in total. The molecule has 4 aromatic carbocycles. The maximum atomic E-state index is 11.9. The maximum absolute atomic E-state index is 11.9. The topological polar surface area (TPSA) is 81.4 Å². The summed E-state index contributed by atoms with van der Waals surface area (Å²) in [5, 5.41) is 2.03. The molecule has 0 saturated carbocycles. The number of hydrogen-bond donors (Lipinski definition) is 0. The van der Waals surface area contributed by atoms with Crippen LogP contribution in [0.3, 0.4) is 0 Å². The van der Waals surface area contributed by atoms with E-state index in [9.17, 15) is 9.59 Å². The Hall–Kier alpha value is -6.30. The van der Waals surface area contributed by atoms with Crippen LogP contribution in [0.25, 0.3) is 16.3 Å². The molecule has 9 nitrogen and oxygen atoms in total. The number of allylic oxidation sites excluding steroid dienone is 5. The lowest BCUT2D eigenvalue weighted by molar-refractivity contribution is -0.669. The van der Waals surface area contributed by atoms with Gasteiger partial charge < -0.3 is 28.7 Å². The lowest BCUT2D eigenvalue weighted by Gasteiger charge is -2.28. The molecule has 1 aliphatic carbocycles. The van der Waals surface area contributed by atoms with Crippen LogP contribution >= 0.6 is 23.1 Å². The van der Waals surface area contributed by atoms with Crippen molar-refractivity contribution >= 4 is 68.4 Å². The fourth-order valence-electron chi connectivity index (χ4n) is 6.95. The summed E-state index contributed by atoms with van der Waals surface area (Å²) in [6, 6.07) is 32.9. The van der Waals surface area contributed by atoms with Gasteiger partial charge in [0.2, 0.25) is 5.52 Å². The third-order valence-corrected chi connectivity index (χ3v) is 12.0. The van der Waals surface area contributed by atoms with E-state index >= 15 is 0 Å². The van der Waals surface area contributed by atoms with E-state index in [2.05, 4.69) is 112 Å². The van der Waals surface area contributed by atoms with E-state index in [1.807, 2.05) is 36.4 Å². The Balaban J connectivity index is 1.33. The summed E-state index contributed by atoms with van der Waals surface area (Å²) in [7, 11) is 3.32. The minimum Gasteiger partial charge on any atom is -0.497 e. The van der Waals surface area contributed by atoms with Gasteiger partial charge in [0.1, 0.15) is 22.8 Å². The first-order valence-electron chi connectivity index (χ1n) is 18.9. The predicted octanol–water partition coefficient (Wildman–Crippen LogP) is 9.94. The number of carbonyl (C=O) groups is 2. The number of benzene rings is 4. The lowest BCUT2D eigenvalue weighted by atomic mass is 10.1. The molecule has 0 saturated heterocycles. The number of aromatic nitrogens is 1. The Morgan fingerprint density at radius 1 is 0.793 bits per heavy atom. The van der Waals surface area contributed by atoms with Gasteiger partial charge in [-0.05, 0) is 84.7 Å². The summed E-state index contributed by atoms with van der Waals surface area (Å²) in [6.07, 6.45) is 12.8. The average Bonchev–Trinajstić information content (AvgIpc) is 3.94. The molecule has 5 aromatic rings. The quantitative estimate of drug-likeness (QED) is 0.0550. The highest BCUT2D eigenvalue weighted by Crippen LogP contribution is 2.48. The van der Waals surface area contributed by atoms with Crippen LogP contribution in [0.2, 0.25) is 0 Å². The van der Waals surface area contributed by atoms with Crippen molar-refractivity contribution in [2.75, 3.05) is 43.8 Å². The monoisotopic (exact) mass is 810 g/mol. The number of fused-ring (bicyclic) bond motifs is 2. The molecule has 0 fully saturated rings. The normalized spacial score (nSPS) is 15.0. The van der Waals surface area contributed by atoms with Gasteiger partial charge in [-0.3, -0.25) is 0 Å². The van der Waals surface area contributed by atoms with Crippen molar-refractivity contribution in [3.8, 4) is 11.5 Å². The molecule has 294 valence electrons. The highest BCUT2D eigenvalue weighted by molar-refractivity contribution is 8.03. The smallest absolute Gasteiger partial charge is 0.330 e. The lowest BCUT2D eigenvalue weighted by Crippen LogP contribution is -2.37. The molecule has 0 amide bonds. The molecule has 0 atom stereocenters. The van der Waals surface area contributed by atoms with Crippen molar-refractivity contribution in [3.63, 3.8) is 0 Å². The standard InChI is InChI=1S/C47H44N3O6S2/c1-5-45(51)55-29-27-48-39-31-37(53-3)21-23-41(39)57-43(48)25-19-33-17-18-34(47(33)50(35-13-9-7-10-14-35)36-15-11-8-12-16-36)20-26-44-49(28-30-56-46(52)6-2)40-32-38(54-4)22-24-42(40)58-44/h5-16,19-26,31-32H,1-2,17-18,27-30H2,3-4H3/q+1. The number of ether oxygens (including phenoxy) is 4. The van der Waals surface area contributed by atoms with E-state index in [0.717, 1.165) is 72.2 Å². The Kier molecular flexibility index (Phi) is 12.9. The van der Waals surface area contributed by atoms with Crippen molar-refractivity contribution in [3.05, 3.63) is 167 Å². The second kappa shape index (κ2) is 18.8. The minimum atomic E-state index is -0.453. The predicted molar refractivity (Wildman–Crippen MR) is 234 cm³/mol. The van der Waals surface area contributed by atoms with E-state index in [-0.39, 0.29) is 13.2 Å². The second-order valence-electron chi connectivity index (χ2n) is 13.2. The number of thiazole rings is 1. The number of nitrogens with zero attached hydrogens (tertiary/aromatic N) is 3. The molecule has 58 heavy (non-hydrogen) atoms. The summed E-state index contributed by atoms with van der Waals surface area (Å²) in [4.78, 5) is 29.5. The summed E-state index contributed by atoms with van der Waals surface area (Å²) in [5.74, 6) is 0.599. The summed E-state index contributed by atoms with van der Waals surface area (Å²) in [5.41, 5.74) is 7.55. The van der Waals surface area contributed by atoms with Crippen LogP contribution < -0.4 is 23.8 Å². The number of carbonyl (C=O) groups excluding carboxylic acids is 2. The van der Waals surface area contributed by atoms with Crippen LogP contribution in [-0.4, -0.2) is 45.9 Å². The zero-order chi connectivity index (χ0) is 40.4. The van der Waals surface area contributed by atoms with Crippen molar-refractivity contribution in [2.45, 2.75) is 24.3 Å². The van der Waals surface area contributed by atoms with Crippen LogP contribution in [-0.2, 0) is 25.6 Å². The third kappa shape index (κ3) is 8.96. The zero-order valence-electron chi connectivity index (χ0n) is 32.5. The number of hydrogen-bond acceptors (Lipinski definition) is 10. The molecule has 7 rings (SSSR count). The molecular formula is C47H44N3O6S2+. The van der Waals surface area contributed by atoms with E-state index in [0.29, 0.717) is 13.1 Å². The van der Waals surface area contributed by atoms with Crippen LogP contribution in [0.4, 0.5) is 17.1 Å². The van der Waals surface area contributed by atoms with Gasteiger partial charge in [0, 0.05) is 40.6 Å². The van der Waals surface area contributed by atoms with Crippen LogP contribution in [0.15, 0.2) is 167 Å². The van der Waals surface area contributed by atoms with Crippen molar-refractivity contribution in [1.82, 2.24) is 0 Å². The number of anilines is 3.